The topological polar surface area (TPSA) is 79.2 Å². The van der Waals surface area contributed by atoms with E-state index in [1.165, 1.54) is 0 Å². The number of hydrogen-bond acceptors (Lipinski definition) is 4. The lowest BCUT2D eigenvalue weighted by molar-refractivity contribution is -0.129. The number of aliphatic carboxylic acids is 1. The van der Waals surface area contributed by atoms with Crippen LogP contribution in [0.1, 0.15) is 29.6 Å². The highest BCUT2D eigenvalue weighted by atomic mass is 16.7. The van der Waals surface area contributed by atoms with Gasteiger partial charge in [-0.25, -0.2) is 4.79 Å². The molecule has 0 atom stereocenters. The summed E-state index contributed by atoms with van der Waals surface area (Å²) in [5.74, 6) is -1.03. The maximum atomic E-state index is 13.0. The number of fused-ring (bicyclic) bond motifs is 1. The Morgan fingerprint density at radius 1 is 1.08 bits per heavy atom. The monoisotopic (exact) mass is 338 g/mol. The molecule has 6 heteroatoms. The SMILES string of the molecule is O=C(O)C1=NOC2(CCN(C(=O)c3cccc4ccccc34)CC2)C1. The van der Waals surface area contributed by atoms with Gasteiger partial charge in [0.25, 0.3) is 5.91 Å². The first-order valence-corrected chi connectivity index (χ1v) is 8.33. The minimum absolute atomic E-state index is 0.00373. The zero-order valence-corrected chi connectivity index (χ0v) is 13.6. The molecule has 6 nitrogen and oxygen atoms in total. The summed E-state index contributed by atoms with van der Waals surface area (Å²) in [6.07, 6.45) is 1.48. The number of nitrogens with zero attached hydrogens (tertiary/aromatic N) is 2. The van der Waals surface area contributed by atoms with Crippen molar-refractivity contribution < 1.29 is 19.5 Å². The van der Waals surface area contributed by atoms with E-state index in [1.807, 2.05) is 47.4 Å². The summed E-state index contributed by atoms with van der Waals surface area (Å²) in [5, 5.41) is 14.7. The molecule has 1 fully saturated rings. The maximum absolute atomic E-state index is 13.0. The lowest BCUT2D eigenvalue weighted by atomic mass is 9.86. The number of carboxylic acid groups (broad SMARTS) is 1. The van der Waals surface area contributed by atoms with Crippen LogP contribution in [0, 0.1) is 0 Å². The highest BCUT2D eigenvalue weighted by Gasteiger charge is 2.44. The van der Waals surface area contributed by atoms with E-state index in [1.54, 1.807) is 0 Å². The summed E-state index contributed by atoms with van der Waals surface area (Å²) in [6, 6.07) is 13.6. The summed E-state index contributed by atoms with van der Waals surface area (Å²) in [6.45, 7) is 1.06. The average molecular weight is 338 g/mol. The number of carbonyl (C=O) groups is 2. The van der Waals surface area contributed by atoms with Crippen molar-refractivity contribution in [2.45, 2.75) is 24.9 Å². The molecule has 0 bridgehead atoms. The minimum atomic E-state index is -1.04. The predicted molar refractivity (Wildman–Crippen MR) is 92.6 cm³/mol. The number of rotatable bonds is 2. The van der Waals surface area contributed by atoms with Gasteiger partial charge in [0.2, 0.25) is 0 Å². The second kappa shape index (κ2) is 5.88. The third-order valence-electron chi connectivity index (χ3n) is 5.07. The number of carboxylic acids is 1. The lowest BCUT2D eigenvalue weighted by Crippen LogP contribution is -2.47. The van der Waals surface area contributed by atoms with Gasteiger partial charge in [0.15, 0.2) is 5.71 Å². The predicted octanol–water partition coefficient (Wildman–Crippen LogP) is 2.68. The standard InChI is InChI=1S/C19H18N2O4/c22-17(15-7-3-5-13-4-1-2-6-14(13)15)21-10-8-19(9-11-21)12-16(18(23)24)20-25-19/h1-7H,8-12H2,(H,23,24). The van der Waals surface area contributed by atoms with Crippen molar-refractivity contribution in [1.29, 1.82) is 0 Å². The molecule has 1 amide bonds. The number of hydrogen-bond donors (Lipinski definition) is 1. The highest BCUT2D eigenvalue weighted by Crippen LogP contribution is 2.35. The van der Waals surface area contributed by atoms with Gasteiger partial charge in [0, 0.05) is 37.9 Å². The van der Waals surface area contributed by atoms with Gasteiger partial charge in [-0.15, -0.1) is 0 Å². The van der Waals surface area contributed by atoms with Crippen LogP contribution in [0.5, 0.6) is 0 Å². The number of carbonyl (C=O) groups excluding carboxylic acids is 1. The van der Waals surface area contributed by atoms with Gasteiger partial charge in [-0.2, -0.15) is 0 Å². The first kappa shape index (κ1) is 15.6. The number of benzene rings is 2. The molecular formula is C19H18N2O4. The fraction of sp³-hybridized carbons (Fsp3) is 0.316. The third kappa shape index (κ3) is 2.73. The fourth-order valence-corrected chi connectivity index (χ4v) is 3.60. The largest absolute Gasteiger partial charge is 0.477 e. The van der Waals surface area contributed by atoms with Crippen LogP contribution in [0.4, 0.5) is 0 Å². The van der Waals surface area contributed by atoms with E-state index in [0.29, 0.717) is 37.9 Å². The second-order valence-electron chi connectivity index (χ2n) is 6.61. The molecular weight excluding hydrogens is 320 g/mol. The Bertz CT molecular complexity index is 877. The van der Waals surface area contributed by atoms with Gasteiger partial charge in [0.1, 0.15) is 5.60 Å². The maximum Gasteiger partial charge on any atom is 0.353 e. The molecule has 1 spiro atoms. The molecule has 2 aliphatic rings. The first-order chi connectivity index (χ1) is 12.1. The fourth-order valence-electron chi connectivity index (χ4n) is 3.60. The van der Waals surface area contributed by atoms with E-state index in [0.717, 1.165) is 10.8 Å². The van der Waals surface area contributed by atoms with E-state index >= 15 is 0 Å². The number of piperidine rings is 1. The van der Waals surface area contributed by atoms with E-state index in [9.17, 15) is 9.59 Å². The molecule has 1 N–H and O–H groups in total. The van der Waals surface area contributed by atoms with Crippen LogP contribution in [-0.4, -0.2) is 46.3 Å². The van der Waals surface area contributed by atoms with Gasteiger partial charge in [-0.1, -0.05) is 41.6 Å². The minimum Gasteiger partial charge on any atom is -0.477 e. The van der Waals surface area contributed by atoms with Crippen LogP contribution < -0.4 is 0 Å². The molecule has 0 radical (unpaired) electrons. The van der Waals surface area contributed by atoms with Crippen molar-refractivity contribution in [3.05, 3.63) is 48.0 Å². The molecule has 2 heterocycles. The summed E-state index contributed by atoms with van der Waals surface area (Å²) in [4.78, 5) is 31.2. The smallest absolute Gasteiger partial charge is 0.353 e. The summed E-state index contributed by atoms with van der Waals surface area (Å²) in [7, 11) is 0. The average Bonchev–Trinajstić information content (AvgIpc) is 3.05. The third-order valence-corrected chi connectivity index (χ3v) is 5.07. The van der Waals surface area contributed by atoms with Crippen molar-refractivity contribution in [3.8, 4) is 0 Å². The van der Waals surface area contributed by atoms with Crippen molar-refractivity contribution in [3.63, 3.8) is 0 Å². The lowest BCUT2D eigenvalue weighted by Gasteiger charge is -2.37. The van der Waals surface area contributed by atoms with Crippen molar-refractivity contribution in [2.75, 3.05) is 13.1 Å². The van der Waals surface area contributed by atoms with Gasteiger partial charge in [0.05, 0.1) is 0 Å². The molecule has 2 aromatic rings. The molecule has 128 valence electrons. The normalized spacial score (nSPS) is 18.9. The summed E-state index contributed by atoms with van der Waals surface area (Å²) in [5.41, 5.74) is 0.196. The van der Waals surface area contributed by atoms with Gasteiger partial charge < -0.3 is 14.8 Å². The van der Waals surface area contributed by atoms with E-state index in [-0.39, 0.29) is 11.6 Å². The van der Waals surface area contributed by atoms with Gasteiger partial charge in [-0.05, 0) is 16.8 Å². The molecule has 4 rings (SSSR count). The van der Waals surface area contributed by atoms with Crippen LogP contribution in [0.2, 0.25) is 0 Å². The molecule has 0 aromatic heterocycles. The number of oxime groups is 1. The van der Waals surface area contributed by atoms with E-state index in [2.05, 4.69) is 5.16 Å². The van der Waals surface area contributed by atoms with Crippen LogP contribution in [0.3, 0.4) is 0 Å². The molecule has 0 saturated carbocycles. The Labute approximate surface area is 144 Å². The van der Waals surface area contributed by atoms with E-state index in [4.69, 9.17) is 9.94 Å². The summed E-state index contributed by atoms with van der Waals surface area (Å²) < 4.78 is 0. The van der Waals surface area contributed by atoms with Crippen molar-refractivity contribution in [2.24, 2.45) is 5.16 Å². The van der Waals surface area contributed by atoms with Gasteiger partial charge in [-0.3, -0.25) is 4.79 Å². The number of amides is 1. The summed E-state index contributed by atoms with van der Waals surface area (Å²) >= 11 is 0. The van der Waals surface area contributed by atoms with Crippen LogP contribution in [-0.2, 0) is 9.63 Å². The number of likely N-dealkylation sites (tertiary alicyclic amines) is 1. The van der Waals surface area contributed by atoms with Crippen LogP contribution in [0.15, 0.2) is 47.6 Å². The van der Waals surface area contributed by atoms with Crippen LogP contribution in [0.25, 0.3) is 10.8 Å². The zero-order valence-electron chi connectivity index (χ0n) is 13.6. The molecule has 0 aliphatic carbocycles. The Balaban J connectivity index is 1.50. The molecule has 25 heavy (non-hydrogen) atoms. The first-order valence-electron chi connectivity index (χ1n) is 8.33. The Kier molecular flexibility index (Phi) is 3.67. The molecule has 2 aliphatic heterocycles. The zero-order chi connectivity index (χ0) is 17.4. The highest BCUT2D eigenvalue weighted by molar-refractivity contribution is 6.36. The Morgan fingerprint density at radius 2 is 1.80 bits per heavy atom. The van der Waals surface area contributed by atoms with Crippen molar-refractivity contribution >= 4 is 28.4 Å². The van der Waals surface area contributed by atoms with E-state index < -0.39 is 11.6 Å². The van der Waals surface area contributed by atoms with Gasteiger partial charge >= 0.3 is 5.97 Å². The Hall–Kier alpha value is -2.89. The second-order valence-corrected chi connectivity index (χ2v) is 6.61. The van der Waals surface area contributed by atoms with Crippen molar-refractivity contribution in [1.82, 2.24) is 4.90 Å². The molecule has 0 unspecified atom stereocenters. The quantitative estimate of drug-likeness (QED) is 0.913. The Morgan fingerprint density at radius 3 is 2.52 bits per heavy atom. The molecule has 1 saturated heterocycles. The van der Waals surface area contributed by atoms with Crippen LogP contribution >= 0.6 is 0 Å². The molecule has 2 aromatic carbocycles.